The van der Waals surface area contributed by atoms with Crippen LogP contribution in [-0.2, 0) is 5.75 Å². The number of para-hydroxylation sites is 1. The summed E-state index contributed by atoms with van der Waals surface area (Å²) in [6, 6.07) is 21.7. The predicted molar refractivity (Wildman–Crippen MR) is 123 cm³/mol. The molecule has 0 unspecified atom stereocenters. The highest BCUT2D eigenvalue weighted by Gasteiger charge is 2.17. The van der Waals surface area contributed by atoms with Crippen molar-refractivity contribution in [1.82, 2.24) is 24.1 Å². The lowest BCUT2D eigenvalue weighted by Gasteiger charge is -2.10. The van der Waals surface area contributed by atoms with Crippen LogP contribution in [0.4, 0.5) is 0 Å². The highest BCUT2D eigenvalue weighted by molar-refractivity contribution is 7.98. The minimum absolute atomic E-state index is 0.660. The van der Waals surface area contributed by atoms with Crippen LogP contribution in [0.1, 0.15) is 5.69 Å². The zero-order valence-electron chi connectivity index (χ0n) is 16.6. The quantitative estimate of drug-likeness (QED) is 0.320. The number of thioether (sulfide) groups is 1. The van der Waals surface area contributed by atoms with Crippen LogP contribution in [0.2, 0.25) is 5.02 Å². The van der Waals surface area contributed by atoms with Gasteiger partial charge in [-0.2, -0.15) is 0 Å². The Labute approximate surface area is 188 Å². The Morgan fingerprint density at radius 3 is 2.52 bits per heavy atom. The molecule has 0 spiro atoms. The Morgan fingerprint density at radius 1 is 0.935 bits per heavy atom. The third-order valence-electron chi connectivity index (χ3n) is 4.81. The van der Waals surface area contributed by atoms with Gasteiger partial charge in [0, 0.05) is 29.4 Å². The highest BCUT2D eigenvalue weighted by atomic mass is 35.5. The monoisotopic (exact) mass is 447 g/mol. The smallest absolute Gasteiger partial charge is 0.196 e. The second-order valence-corrected chi connectivity index (χ2v) is 8.22. The number of hydrogen-bond donors (Lipinski definition) is 0. The Morgan fingerprint density at radius 2 is 1.74 bits per heavy atom. The van der Waals surface area contributed by atoms with Gasteiger partial charge >= 0.3 is 0 Å². The molecule has 5 aromatic rings. The lowest BCUT2D eigenvalue weighted by Crippen LogP contribution is -1.99. The number of fused-ring (bicyclic) bond motifs is 1. The Kier molecular flexibility index (Phi) is 5.36. The summed E-state index contributed by atoms with van der Waals surface area (Å²) in [6.07, 6.45) is 3.84. The van der Waals surface area contributed by atoms with Gasteiger partial charge in [0.15, 0.2) is 11.0 Å². The lowest BCUT2D eigenvalue weighted by atomic mass is 10.2. The van der Waals surface area contributed by atoms with Gasteiger partial charge in [-0.25, -0.2) is 4.98 Å². The molecular weight excluding hydrogens is 430 g/mol. The molecular formula is C23H18ClN5OS. The molecule has 0 amide bonds. The normalized spacial score (nSPS) is 11.2. The number of hydrogen-bond acceptors (Lipinski definition) is 5. The van der Waals surface area contributed by atoms with Crippen LogP contribution in [0.25, 0.3) is 22.7 Å². The van der Waals surface area contributed by atoms with Crippen molar-refractivity contribution >= 4 is 29.0 Å². The summed E-state index contributed by atoms with van der Waals surface area (Å²) in [6.45, 7) is 0. The molecule has 0 aliphatic carbocycles. The van der Waals surface area contributed by atoms with Crippen LogP contribution in [0.3, 0.4) is 0 Å². The number of halogens is 1. The molecule has 0 saturated heterocycles. The van der Waals surface area contributed by atoms with Gasteiger partial charge in [0.1, 0.15) is 11.4 Å². The number of aromatic nitrogens is 5. The molecule has 154 valence electrons. The number of benzene rings is 2. The fraction of sp³-hybridized carbons (Fsp3) is 0.0870. The number of rotatable bonds is 6. The highest BCUT2D eigenvalue weighted by Crippen LogP contribution is 2.30. The zero-order valence-corrected chi connectivity index (χ0v) is 18.2. The van der Waals surface area contributed by atoms with Crippen molar-refractivity contribution in [2.45, 2.75) is 10.9 Å². The number of pyridine rings is 1. The molecule has 0 fully saturated rings. The van der Waals surface area contributed by atoms with E-state index < -0.39 is 0 Å². The lowest BCUT2D eigenvalue weighted by molar-refractivity contribution is 0.415. The number of imidazole rings is 1. The third-order valence-corrected chi connectivity index (χ3v) is 6.00. The number of methoxy groups -OCH3 is 1. The van der Waals surface area contributed by atoms with E-state index in [2.05, 4.69) is 19.7 Å². The third kappa shape index (κ3) is 4.02. The Hall–Kier alpha value is -3.29. The summed E-state index contributed by atoms with van der Waals surface area (Å²) < 4.78 is 9.28. The van der Waals surface area contributed by atoms with E-state index in [9.17, 15) is 0 Å². The molecule has 0 radical (unpaired) electrons. The van der Waals surface area contributed by atoms with Crippen molar-refractivity contribution in [2.75, 3.05) is 7.11 Å². The first-order valence-corrected chi connectivity index (χ1v) is 11.0. The van der Waals surface area contributed by atoms with Crippen LogP contribution >= 0.6 is 23.4 Å². The fourth-order valence-corrected chi connectivity index (χ4v) is 4.33. The van der Waals surface area contributed by atoms with Crippen molar-refractivity contribution in [1.29, 1.82) is 0 Å². The summed E-state index contributed by atoms with van der Waals surface area (Å²) in [7, 11) is 1.66. The topological polar surface area (TPSA) is 57.2 Å². The second-order valence-electron chi connectivity index (χ2n) is 6.84. The van der Waals surface area contributed by atoms with Crippen molar-refractivity contribution in [2.24, 2.45) is 0 Å². The van der Waals surface area contributed by atoms with Crippen molar-refractivity contribution in [3.05, 3.63) is 89.8 Å². The summed E-state index contributed by atoms with van der Waals surface area (Å²) in [5.74, 6) is 2.24. The minimum Gasteiger partial charge on any atom is -0.497 e. The van der Waals surface area contributed by atoms with Gasteiger partial charge in [-0.1, -0.05) is 41.6 Å². The standard InChI is InChI=1S/C23H18ClN5OS/c1-30-20-10-7-16(8-11-20)22-26-27-23(29(22)19-5-3-2-4-6-19)31-15-18-14-28-13-17(24)9-12-21(28)25-18/h2-14H,15H2,1H3. The predicted octanol–water partition coefficient (Wildman–Crippen LogP) is 5.54. The molecule has 3 aromatic heterocycles. The van der Waals surface area contributed by atoms with Crippen molar-refractivity contribution in [3.8, 4) is 22.8 Å². The fourth-order valence-electron chi connectivity index (χ4n) is 3.33. The maximum atomic E-state index is 6.09. The summed E-state index contributed by atoms with van der Waals surface area (Å²) >= 11 is 7.68. The minimum atomic E-state index is 0.660. The van der Waals surface area contributed by atoms with E-state index >= 15 is 0 Å². The average molecular weight is 448 g/mol. The van der Waals surface area contributed by atoms with Gasteiger partial charge in [0.05, 0.1) is 17.8 Å². The maximum absolute atomic E-state index is 6.09. The molecule has 31 heavy (non-hydrogen) atoms. The molecule has 5 rings (SSSR count). The van der Waals surface area contributed by atoms with Gasteiger partial charge in [-0.05, 0) is 48.5 Å². The van der Waals surface area contributed by atoms with Gasteiger partial charge in [-0.3, -0.25) is 4.57 Å². The van der Waals surface area contributed by atoms with Crippen LogP contribution in [0.5, 0.6) is 5.75 Å². The zero-order chi connectivity index (χ0) is 21.2. The molecule has 6 nitrogen and oxygen atoms in total. The SMILES string of the molecule is COc1ccc(-c2nnc(SCc3cn4cc(Cl)ccc4n3)n2-c2ccccc2)cc1. The Balaban J connectivity index is 1.49. The first-order chi connectivity index (χ1) is 15.2. The molecule has 3 heterocycles. The summed E-state index contributed by atoms with van der Waals surface area (Å²) in [5, 5.41) is 10.5. The summed E-state index contributed by atoms with van der Waals surface area (Å²) in [4.78, 5) is 4.67. The average Bonchev–Trinajstić information content (AvgIpc) is 3.41. The second kappa shape index (κ2) is 8.45. The van der Waals surface area contributed by atoms with Crippen LogP contribution in [0, 0.1) is 0 Å². The molecule has 0 atom stereocenters. The van der Waals surface area contributed by atoms with Gasteiger partial charge in [0.25, 0.3) is 0 Å². The molecule has 0 bridgehead atoms. The van der Waals surface area contributed by atoms with Gasteiger partial charge in [-0.15, -0.1) is 10.2 Å². The number of ether oxygens (including phenoxy) is 1. The van der Waals surface area contributed by atoms with Crippen LogP contribution in [-0.4, -0.2) is 31.3 Å². The first kappa shape index (κ1) is 19.7. The van der Waals surface area contributed by atoms with Gasteiger partial charge < -0.3 is 9.14 Å². The molecule has 8 heteroatoms. The molecule has 2 aromatic carbocycles. The molecule has 0 saturated carbocycles. The van der Waals surface area contributed by atoms with Crippen molar-refractivity contribution in [3.63, 3.8) is 0 Å². The van der Waals surface area contributed by atoms with Gasteiger partial charge in [0.2, 0.25) is 0 Å². The molecule has 0 N–H and O–H groups in total. The van der Waals surface area contributed by atoms with E-state index in [0.717, 1.165) is 39.3 Å². The van der Waals surface area contributed by atoms with E-state index in [4.69, 9.17) is 16.3 Å². The Bertz CT molecular complexity index is 1330. The van der Waals surface area contributed by atoms with Crippen molar-refractivity contribution < 1.29 is 4.74 Å². The summed E-state index contributed by atoms with van der Waals surface area (Å²) in [5.41, 5.74) is 3.78. The van der Waals surface area contributed by atoms with E-state index in [1.165, 1.54) is 0 Å². The maximum Gasteiger partial charge on any atom is 0.196 e. The van der Waals surface area contributed by atoms with Crippen LogP contribution < -0.4 is 4.74 Å². The first-order valence-electron chi connectivity index (χ1n) is 9.62. The molecule has 0 aliphatic heterocycles. The van der Waals surface area contributed by atoms with Crippen LogP contribution in [0.15, 0.2) is 84.3 Å². The van der Waals surface area contributed by atoms with E-state index in [1.54, 1.807) is 18.9 Å². The van der Waals surface area contributed by atoms with E-state index in [0.29, 0.717) is 10.8 Å². The number of nitrogens with zero attached hydrogens (tertiary/aromatic N) is 5. The largest absolute Gasteiger partial charge is 0.497 e. The van der Waals surface area contributed by atoms with E-state index in [1.807, 2.05) is 83.5 Å². The molecule has 0 aliphatic rings. The van der Waals surface area contributed by atoms with E-state index in [-0.39, 0.29) is 0 Å².